The molecule has 0 atom stereocenters. The number of benzene rings is 1. The summed E-state index contributed by atoms with van der Waals surface area (Å²) in [5.41, 5.74) is -0.927. The Morgan fingerprint density at radius 2 is 1.52 bits per heavy atom. The molecule has 0 aromatic heterocycles. The molecule has 27 heavy (non-hydrogen) atoms. The summed E-state index contributed by atoms with van der Waals surface area (Å²) in [6.07, 6.45) is -1.59. The summed E-state index contributed by atoms with van der Waals surface area (Å²) in [5, 5.41) is 4.72. The largest absolute Gasteiger partial charge is 0.444 e. The summed E-state index contributed by atoms with van der Waals surface area (Å²) in [5.74, 6) is -0.612. The molecule has 0 radical (unpaired) electrons. The Bertz CT molecular complexity index is 692. The molecule has 0 aliphatic carbocycles. The number of nitrogens with one attached hydrogen (secondary N) is 2. The Hall–Kier alpha value is -2.16. The quantitative estimate of drug-likeness (QED) is 0.518. The first-order valence-electron chi connectivity index (χ1n) is 8.24. The third kappa shape index (κ3) is 9.37. The van der Waals surface area contributed by atoms with Gasteiger partial charge in [-0.25, -0.2) is 19.0 Å². The molecule has 9 heteroatoms. The number of guanidine groups is 1. The third-order valence-electron chi connectivity index (χ3n) is 2.68. The monoisotopic (exact) mass is 445 g/mol. The maximum absolute atomic E-state index is 13.6. The highest BCUT2D eigenvalue weighted by molar-refractivity contribution is 9.10. The van der Waals surface area contributed by atoms with Gasteiger partial charge in [-0.1, -0.05) is 12.1 Å². The topological polar surface area (TPSA) is 89.0 Å². The van der Waals surface area contributed by atoms with Gasteiger partial charge in [0, 0.05) is 0 Å². The number of hydrogen-bond acceptors (Lipinski definition) is 5. The average Bonchev–Trinajstić information content (AvgIpc) is 2.44. The van der Waals surface area contributed by atoms with Crippen molar-refractivity contribution < 1.29 is 23.5 Å². The second-order valence-electron chi connectivity index (χ2n) is 7.63. The van der Waals surface area contributed by atoms with Crippen LogP contribution < -0.4 is 10.6 Å². The number of hydrogen-bond donors (Lipinski definition) is 2. The van der Waals surface area contributed by atoms with Gasteiger partial charge in [-0.15, -0.1) is 0 Å². The van der Waals surface area contributed by atoms with E-state index < -0.39 is 29.2 Å². The second kappa shape index (κ2) is 9.16. The fourth-order valence-corrected chi connectivity index (χ4v) is 2.14. The smallest absolute Gasteiger partial charge is 0.414 e. The lowest BCUT2D eigenvalue weighted by Crippen LogP contribution is -2.47. The van der Waals surface area contributed by atoms with Crippen LogP contribution in [0.25, 0.3) is 0 Å². The first-order chi connectivity index (χ1) is 12.3. The van der Waals surface area contributed by atoms with Crippen LogP contribution in [0.15, 0.2) is 27.7 Å². The minimum absolute atomic E-state index is 0.000722. The van der Waals surface area contributed by atoms with E-state index in [4.69, 9.17) is 9.47 Å². The zero-order valence-corrected chi connectivity index (χ0v) is 17.9. The molecule has 150 valence electrons. The van der Waals surface area contributed by atoms with Crippen LogP contribution in [-0.4, -0.2) is 29.3 Å². The molecule has 2 amide bonds. The molecular weight excluding hydrogens is 421 g/mol. The van der Waals surface area contributed by atoms with E-state index in [2.05, 4.69) is 31.6 Å². The van der Waals surface area contributed by atoms with Crippen LogP contribution in [0.1, 0.15) is 47.1 Å². The van der Waals surface area contributed by atoms with E-state index in [9.17, 15) is 14.0 Å². The Labute approximate surface area is 166 Å². The van der Waals surface area contributed by atoms with Crippen molar-refractivity contribution in [2.45, 2.75) is 59.3 Å². The standard InChI is InChI=1S/C18H25BrFN3O4/c1-17(2,3)26-15(24)22-14(23-16(25)27-18(4,5)6)21-10-11-8-7-9-12(20)13(11)19/h7-9H,10H2,1-6H3,(H2,21,22,23,24,25). The summed E-state index contributed by atoms with van der Waals surface area (Å²) in [7, 11) is 0. The zero-order chi connectivity index (χ0) is 20.8. The average molecular weight is 446 g/mol. The van der Waals surface area contributed by atoms with Crippen LogP contribution in [-0.2, 0) is 16.0 Å². The SMILES string of the molecule is CC(C)(C)OC(=O)NC(=NCc1cccc(F)c1Br)NC(=O)OC(C)(C)C. The molecule has 0 spiro atoms. The molecule has 0 heterocycles. The Kier molecular flexibility index (Phi) is 7.77. The van der Waals surface area contributed by atoms with Crippen LogP contribution in [0.5, 0.6) is 0 Å². The Balaban J connectivity index is 2.96. The van der Waals surface area contributed by atoms with E-state index in [1.54, 1.807) is 47.6 Å². The Morgan fingerprint density at radius 3 is 1.96 bits per heavy atom. The van der Waals surface area contributed by atoms with Crippen molar-refractivity contribution in [3.05, 3.63) is 34.1 Å². The molecule has 1 rings (SSSR count). The molecule has 0 saturated carbocycles. The number of carbonyl (C=O) groups is 2. The Morgan fingerprint density at radius 1 is 1.04 bits per heavy atom. The van der Waals surface area contributed by atoms with Crippen molar-refractivity contribution >= 4 is 34.1 Å². The van der Waals surface area contributed by atoms with Gasteiger partial charge in [0.15, 0.2) is 0 Å². The molecule has 7 nitrogen and oxygen atoms in total. The highest BCUT2D eigenvalue weighted by Gasteiger charge is 2.21. The molecular formula is C18H25BrFN3O4. The summed E-state index contributed by atoms with van der Waals surface area (Å²) in [4.78, 5) is 28.1. The molecule has 1 aromatic carbocycles. The van der Waals surface area contributed by atoms with Crippen LogP contribution in [0.2, 0.25) is 0 Å². The molecule has 0 bridgehead atoms. The maximum Gasteiger partial charge on any atom is 0.414 e. The van der Waals surface area contributed by atoms with Gasteiger partial charge in [0.25, 0.3) is 0 Å². The van der Waals surface area contributed by atoms with E-state index in [-0.39, 0.29) is 17.0 Å². The highest BCUT2D eigenvalue weighted by atomic mass is 79.9. The molecule has 2 N–H and O–H groups in total. The first kappa shape index (κ1) is 22.9. The van der Waals surface area contributed by atoms with Crippen molar-refractivity contribution in [3.8, 4) is 0 Å². The lowest BCUT2D eigenvalue weighted by atomic mass is 10.2. The van der Waals surface area contributed by atoms with Gasteiger partial charge in [0.2, 0.25) is 5.96 Å². The van der Waals surface area contributed by atoms with E-state index in [1.165, 1.54) is 12.1 Å². The van der Waals surface area contributed by atoms with Gasteiger partial charge < -0.3 is 9.47 Å². The summed E-state index contributed by atoms with van der Waals surface area (Å²) in [6.45, 7) is 10.2. The molecule has 0 aliphatic rings. The van der Waals surface area contributed by atoms with Gasteiger partial charge in [-0.2, -0.15) is 0 Å². The number of rotatable bonds is 2. The highest BCUT2D eigenvalue weighted by Crippen LogP contribution is 2.21. The minimum Gasteiger partial charge on any atom is -0.444 e. The summed E-state index contributed by atoms with van der Waals surface area (Å²) in [6, 6.07) is 4.50. The van der Waals surface area contributed by atoms with Gasteiger partial charge in [0.1, 0.15) is 17.0 Å². The van der Waals surface area contributed by atoms with Gasteiger partial charge in [-0.05, 0) is 69.1 Å². The van der Waals surface area contributed by atoms with Gasteiger partial charge in [0.05, 0.1) is 11.0 Å². The number of ether oxygens (including phenoxy) is 2. The second-order valence-corrected chi connectivity index (χ2v) is 8.42. The number of carbonyl (C=O) groups excluding carboxylic acids is 2. The van der Waals surface area contributed by atoms with Crippen LogP contribution in [0.3, 0.4) is 0 Å². The van der Waals surface area contributed by atoms with Crippen LogP contribution >= 0.6 is 15.9 Å². The van der Waals surface area contributed by atoms with Crippen molar-refractivity contribution in [3.63, 3.8) is 0 Å². The normalized spacial score (nSPS) is 11.4. The number of halogens is 2. The molecule has 1 aromatic rings. The van der Waals surface area contributed by atoms with E-state index in [0.717, 1.165) is 0 Å². The molecule has 0 fully saturated rings. The van der Waals surface area contributed by atoms with Crippen molar-refractivity contribution in [2.24, 2.45) is 4.99 Å². The van der Waals surface area contributed by atoms with Gasteiger partial charge >= 0.3 is 12.2 Å². The third-order valence-corrected chi connectivity index (χ3v) is 3.57. The number of alkyl carbamates (subject to hydrolysis) is 2. The predicted octanol–water partition coefficient (Wildman–Crippen LogP) is 4.49. The van der Waals surface area contributed by atoms with E-state index in [0.29, 0.717) is 5.56 Å². The molecule has 0 aliphatic heterocycles. The molecule has 0 saturated heterocycles. The van der Waals surface area contributed by atoms with E-state index in [1.807, 2.05) is 0 Å². The van der Waals surface area contributed by atoms with Crippen molar-refractivity contribution in [1.29, 1.82) is 0 Å². The van der Waals surface area contributed by atoms with Crippen molar-refractivity contribution in [1.82, 2.24) is 10.6 Å². The fourth-order valence-electron chi connectivity index (χ4n) is 1.75. The lowest BCUT2D eigenvalue weighted by Gasteiger charge is -2.22. The lowest BCUT2D eigenvalue weighted by molar-refractivity contribution is 0.0545. The van der Waals surface area contributed by atoms with Crippen molar-refractivity contribution in [2.75, 3.05) is 0 Å². The summed E-state index contributed by atoms with van der Waals surface area (Å²) >= 11 is 3.14. The van der Waals surface area contributed by atoms with E-state index >= 15 is 0 Å². The van der Waals surface area contributed by atoms with Crippen LogP contribution in [0, 0.1) is 5.82 Å². The maximum atomic E-state index is 13.6. The fraction of sp³-hybridized carbons (Fsp3) is 0.500. The zero-order valence-electron chi connectivity index (χ0n) is 16.3. The number of aliphatic imine (C=N–C) groups is 1. The summed E-state index contributed by atoms with van der Waals surface area (Å²) < 4.78 is 24.2. The first-order valence-corrected chi connectivity index (χ1v) is 9.03. The number of amides is 2. The predicted molar refractivity (Wildman–Crippen MR) is 104 cm³/mol. The van der Waals surface area contributed by atoms with Gasteiger partial charge in [-0.3, -0.25) is 10.6 Å². The van der Waals surface area contributed by atoms with Crippen LogP contribution in [0.4, 0.5) is 14.0 Å². The number of nitrogens with zero attached hydrogens (tertiary/aromatic N) is 1. The molecule has 0 unspecified atom stereocenters. The minimum atomic E-state index is -0.796.